The topological polar surface area (TPSA) is 55.4 Å². The second-order valence-electron chi connectivity index (χ2n) is 4.95. The zero-order chi connectivity index (χ0) is 16.2. The number of aryl methyl sites for hydroxylation is 2. The van der Waals surface area contributed by atoms with Crippen molar-refractivity contribution in [3.63, 3.8) is 0 Å². The standard InChI is InChI=1S/C16H18FNO3S/c1-12-3-8-16(11-13(12)2)22(19,20)18-9-10-21-15-6-4-14(17)5-7-15/h3-8,11,18H,9-10H2,1-2H3. The molecular formula is C16H18FNO3S. The molecule has 2 rings (SSSR count). The maximum absolute atomic E-state index is 12.7. The second-order valence-corrected chi connectivity index (χ2v) is 6.71. The van der Waals surface area contributed by atoms with Crippen LogP contribution in [0.3, 0.4) is 0 Å². The third-order valence-corrected chi connectivity index (χ3v) is 4.72. The van der Waals surface area contributed by atoms with E-state index in [-0.39, 0.29) is 23.9 Å². The number of hydrogen-bond acceptors (Lipinski definition) is 3. The second kappa shape index (κ2) is 6.89. The van der Waals surface area contributed by atoms with Crippen molar-refractivity contribution in [2.45, 2.75) is 18.7 Å². The molecule has 2 aromatic carbocycles. The van der Waals surface area contributed by atoms with Gasteiger partial charge in [-0.2, -0.15) is 0 Å². The van der Waals surface area contributed by atoms with Crippen LogP contribution in [0.25, 0.3) is 0 Å². The molecule has 0 heterocycles. The Labute approximate surface area is 130 Å². The van der Waals surface area contributed by atoms with Gasteiger partial charge < -0.3 is 4.74 Å². The molecular weight excluding hydrogens is 305 g/mol. The summed E-state index contributed by atoms with van der Waals surface area (Å²) in [6.07, 6.45) is 0. The fourth-order valence-electron chi connectivity index (χ4n) is 1.84. The van der Waals surface area contributed by atoms with Crippen molar-refractivity contribution in [1.82, 2.24) is 4.72 Å². The highest BCUT2D eigenvalue weighted by Gasteiger charge is 2.13. The molecule has 0 aromatic heterocycles. The molecule has 6 heteroatoms. The number of halogens is 1. The molecule has 0 saturated heterocycles. The summed E-state index contributed by atoms with van der Waals surface area (Å²) in [7, 11) is -3.55. The van der Waals surface area contributed by atoms with Crippen LogP contribution in [0.5, 0.6) is 5.75 Å². The first-order chi connectivity index (χ1) is 10.4. The van der Waals surface area contributed by atoms with E-state index >= 15 is 0 Å². The van der Waals surface area contributed by atoms with E-state index in [1.165, 1.54) is 24.3 Å². The third kappa shape index (κ3) is 4.29. The summed E-state index contributed by atoms with van der Waals surface area (Å²) in [6, 6.07) is 10.5. The molecule has 0 atom stereocenters. The van der Waals surface area contributed by atoms with E-state index in [0.717, 1.165) is 11.1 Å². The quantitative estimate of drug-likeness (QED) is 0.832. The van der Waals surface area contributed by atoms with Gasteiger partial charge in [-0.25, -0.2) is 17.5 Å². The van der Waals surface area contributed by atoms with E-state index in [2.05, 4.69) is 4.72 Å². The Bertz CT molecular complexity index is 742. The highest BCUT2D eigenvalue weighted by molar-refractivity contribution is 7.89. The highest BCUT2D eigenvalue weighted by atomic mass is 32.2. The van der Waals surface area contributed by atoms with Gasteiger partial charge in [0.25, 0.3) is 0 Å². The molecule has 22 heavy (non-hydrogen) atoms. The summed E-state index contributed by atoms with van der Waals surface area (Å²) in [4.78, 5) is 0.234. The van der Waals surface area contributed by atoms with Gasteiger partial charge in [0.05, 0.1) is 4.90 Å². The minimum Gasteiger partial charge on any atom is -0.492 e. The first-order valence-corrected chi connectivity index (χ1v) is 8.32. The average molecular weight is 323 g/mol. The molecule has 4 nitrogen and oxygen atoms in total. The fourth-order valence-corrected chi connectivity index (χ4v) is 2.94. The summed E-state index contributed by atoms with van der Waals surface area (Å²) in [5, 5.41) is 0. The summed E-state index contributed by atoms with van der Waals surface area (Å²) in [6.45, 7) is 4.09. The van der Waals surface area contributed by atoms with Crippen molar-refractivity contribution in [2.24, 2.45) is 0 Å². The van der Waals surface area contributed by atoms with Crippen LogP contribution in [0.1, 0.15) is 11.1 Å². The summed E-state index contributed by atoms with van der Waals surface area (Å²) < 4.78 is 44.8. The first-order valence-electron chi connectivity index (χ1n) is 6.84. The van der Waals surface area contributed by atoms with Crippen LogP contribution < -0.4 is 9.46 Å². The van der Waals surface area contributed by atoms with Gasteiger partial charge in [-0.15, -0.1) is 0 Å². The van der Waals surface area contributed by atoms with Crippen LogP contribution in [0.15, 0.2) is 47.4 Å². The smallest absolute Gasteiger partial charge is 0.240 e. The molecule has 2 aromatic rings. The maximum Gasteiger partial charge on any atom is 0.240 e. The Morgan fingerprint density at radius 2 is 1.73 bits per heavy atom. The van der Waals surface area contributed by atoms with Crippen molar-refractivity contribution in [3.05, 3.63) is 59.4 Å². The number of sulfonamides is 1. The van der Waals surface area contributed by atoms with E-state index in [4.69, 9.17) is 4.74 Å². The van der Waals surface area contributed by atoms with E-state index in [1.54, 1.807) is 18.2 Å². The zero-order valence-corrected chi connectivity index (χ0v) is 13.3. The minimum atomic E-state index is -3.55. The Morgan fingerprint density at radius 1 is 1.05 bits per heavy atom. The Hall–Kier alpha value is -1.92. The lowest BCUT2D eigenvalue weighted by Crippen LogP contribution is -2.28. The van der Waals surface area contributed by atoms with Crippen molar-refractivity contribution in [1.29, 1.82) is 0 Å². The summed E-state index contributed by atoms with van der Waals surface area (Å²) in [5.74, 6) is 0.148. The lowest BCUT2D eigenvalue weighted by atomic mass is 10.1. The minimum absolute atomic E-state index is 0.132. The van der Waals surface area contributed by atoms with Gasteiger partial charge in [-0.05, 0) is 61.4 Å². The van der Waals surface area contributed by atoms with E-state index < -0.39 is 10.0 Å². The third-order valence-electron chi connectivity index (χ3n) is 3.27. The van der Waals surface area contributed by atoms with Gasteiger partial charge in [-0.3, -0.25) is 0 Å². The largest absolute Gasteiger partial charge is 0.492 e. The van der Waals surface area contributed by atoms with Gasteiger partial charge in [0.15, 0.2) is 0 Å². The predicted octanol–water partition coefficient (Wildman–Crippen LogP) is 2.80. The van der Waals surface area contributed by atoms with E-state index in [9.17, 15) is 12.8 Å². The Balaban J connectivity index is 1.89. The molecule has 0 amide bonds. The lowest BCUT2D eigenvalue weighted by Gasteiger charge is -2.10. The molecule has 0 aliphatic heterocycles. The van der Waals surface area contributed by atoms with Gasteiger partial charge in [-0.1, -0.05) is 6.07 Å². The normalized spacial score (nSPS) is 11.4. The van der Waals surface area contributed by atoms with Crippen LogP contribution in [0.2, 0.25) is 0 Å². The molecule has 0 aliphatic carbocycles. The zero-order valence-electron chi connectivity index (χ0n) is 12.5. The van der Waals surface area contributed by atoms with Crippen LogP contribution in [-0.2, 0) is 10.0 Å². The van der Waals surface area contributed by atoms with E-state index in [0.29, 0.717) is 5.75 Å². The van der Waals surface area contributed by atoms with Gasteiger partial charge >= 0.3 is 0 Å². The van der Waals surface area contributed by atoms with Crippen molar-refractivity contribution < 1.29 is 17.5 Å². The van der Waals surface area contributed by atoms with Crippen LogP contribution in [-0.4, -0.2) is 21.6 Å². The molecule has 0 unspecified atom stereocenters. The van der Waals surface area contributed by atoms with Gasteiger partial charge in [0, 0.05) is 6.54 Å². The lowest BCUT2D eigenvalue weighted by molar-refractivity contribution is 0.322. The number of ether oxygens (including phenoxy) is 1. The Morgan fingerprint density at radius 3 is 2.36 bits per heavy atom. The molecule has 0 aliphatic rings. The predicted molar refractivity (Wildman–Crippen MR) is 83.0 cm³/mol. The summed E-state index contributed by atoms with van der Waals surface area (Å²) >= 11 is 0. The first kappa shape index (κ1) is 16.5. The number of rotatable bonds is 6. The van der Waals surface area contributed by atoms with Crippen LogP contribution in [0.4, 0.5) is 4.39 Å². The average Bonchev–Trinajstić information content (AvgIpc) is 2.48. The van der Waals surface area contributed by atoms with Crippen molar-refractivity contribution in [3.8, 4) is 5.75 Å². The number of hydrogen-bond donors (Lipinski definition) is 1. The Kier molecular flexibility index (Phi) is 5.15. The van der Waals surface area contributed by atoms with Gasteiger partial charge in [0.1, 0.15) is 18.2 Å². The van der Waals surface area contributed by atoms with Crippen LogP contribution >= 0.6 is 0 Å². The van der Waals surface area contributed by atoms with Crippen molar-refractivity contribution in [2.75, 3.05) is 13.2 Å². The highest BCUT2D eigenvalue weighted by Crippen LogP contribution is 2.14. The van der Waals surface area contributed by atoms with Gasteiger partial charge in [0.2, 0.25) is 10.0 Å². The maximum atomic E-state index is 12.7. The summed E-state index contributed by atoms with van der Waals surface area (Å²) in [5.41, 5.74) is 1.96. The van der Waals surface area contributed by atoms with Crippen LogP contribution in [0, 0.1) is 19.7 Å². The molecule has 0 radical (unpaired) electrons. The molecule has 0 fully saturated rings. The SMILES string of the molecule is Cc1ccc(S(=O)(=O)NCCOc2ccc(F)cc2)cc1C. The molecule has 0 saturated carbocycles. The molecule has 1 N–H and O–H groups in total. The van der Waals surface area contributed by atoms with E-state index in [1.807, 2.05) is 13.8 Å². The molecule has 0 bridgehead atoms. The van der Waals surface area contributed by atoms with Crippen molar-refractivity contribution >= 4 is 10.0 Å². The molecule has 118 valence electrons. The molecule has 0 spiro atoms. The fraction of sp³-hybridized carbons (Fsp3) is 0.250. The monoisotopic (exact) mass is 323 g/mol. The number of benzene rings is 2. The number of nitrogens with one attached hydrogen (secondary N) is 1.